The summed E-state index contributed by atoms with van der Waals surface area (Å²) in [6, 6.07) is 12.8. The van der Waals surface area contributed by atoms with E-state index in [-0.39, 0.29) is 5.91 Å². The van der Waals surface area contributed by atoms with Gasteiger partial charge in [0.05, 0.1) is 18.4 Å². The second kappa shape index (κ2) is 7.09. The molecule has 2 aromatic rings. The smallest absolute Gasteiger partial charge is 0.275 e. The van der Waals surface area contributed by atoms with Crippen LogP contribution >= 0.6 is 11.6 Å². The predicted molar refractivity (Wildman–Crippen MR) is 88.9 cm³/mol. The average molecular weight is 317 g/mol. The maximum absolute atomic E-state index is 12.2. The minimum Gasteiger partial charge on any atom is -0.496 e. The largest absolute Gasteiger partial charge is 0.496 e. The van der Waals surface area contributed by atoms with Crippen molar-refractivity contribution >= 4 is 23.2 Å². The molecule has 114 valence electrons. The normalized spacial score (nSPS) is 11.2. The van der Waals surface area contributed by atoms with Crippen LogP contribution < -0.4 is 10.2 Å². The van der Waals surface area contributed by atoms with E-state index in [9.17, 15) is 4.79 Å². The van der Waals surface area contributed by atoms with Gasteiger partial charge in [0.1, 0.15) is 5.75 Å². The summed E-state index contributed by atoms with van der Waals surface area (Å²) in [4.78, 5) is 12.2. The summed E-state index contributed by atoms with van der Waals surface area (Å²) in [6.07, 6.45) is 0. The molecular weight excluding hydrogens is 300 g/mol. The third kappa shape index (κ3) is 3.86. The highest BCUT2D eigenvalue weighted by Gasteiger charge is 2.12. The molecule has 0 heterocycles. The zero-order chi connectivity index (χ0) is 16.1. The van der Waals surface area contributed by atoms with E-state index in [1.54, 1.807) is 18.2 Å². The SMILES string of the molecule is COc1ccc(Cl)cc1C(=O)NN=C(C)c1cccc(C)c1. The number of benzene rings is 2. The maximum atomic E-state index is 12.2. The first-order chi connectivity index (χ1) is 10.5. The molecule has 0 radical (unpaired) electrons. The summed E-state index contributed by atoms with van der Waals surface area (Å²) < 4.78 is 5.16. The number of aryl methyl sites for hydroxylation is 1. The number of hydrogen-bond donors (Lipinski definition) is 1. The lowest BCUT2D eigenvalue weighted by Crippen LogP contribution is -2.20. The summed E-state index contributed by atoms with van der Waals surface area (Å²) in [7, 11) is 1.50. The summed E-state index contributed by atoms with van der Waals surface area (Å²) >= 11 is 5.92. The van der Waals surface area contributed by atoms with Crippen LogP contribution in [0.2, 0.25) is 5.02 Å². The first-order valence-electron chi connectivity index (χ1n) is 6.76. The average Bonchev–Trinajstić information content (AvgIpc) is 2.52. The summed E-state index contributed by atoms with van der Waals surface area (Å²) in [6.45, 7) is 3.84. The van der Waals surface area contributed by atoms with Crippen LogP contribution in [0.25, 0.3) is 0 Å². The van der Waals surface area contributed by atoms with Crippen LogP contribution in [0.1, 0.15) is 28.4 Å². The number of rotatable bonds is 4. The molecule has 0 saturated heterocycles. The highest BCUT2D eigenvalue weighted by Crippen LogP contribution is 2.22. The number of halogens is 1. The molecule has 2 rings (SSSR count). The number of carbonyl (C=O) groups is 1. The van der Waals surface area contributed by atoms with E-state index in [0.29, 0.717) is 16.3 Å². The molecule has 0 atom stereocenters. The second-order valence-corrected chi connectivity index (χ2v) is 5.29. The molecule has 0 saturated carbocycles. The van der Waals surface area contributed by atoms with Gasteiger partial charge < -0.3 is 4.74 Å². The Bertz CT molecular complexity index is 726. The van der Waals surface area contributed by atoms with Crippen molar-refractivity contribution in [1.82, 2.24) is 5.43 Å². The molecule has 0 bridgehead atoms. The van der Waals surface area contributed by atoms with Gasteiger partial charge in [-0.3, -0.25) is 4.79 Å². The fourth-order valence-corrected chi connectivity index (χ4v) is 2.16. The zero-order valence-corrected chi connectivity index (χ0v) is 13.4. The van der Waals surface area contributed by atoms with E-state index in [0.717, 1.165) is 16.8 Å². The van der Waals surface area contributed by atoms with Gasteiger partial charge in [-0.05, 0) is 37.6 Å². The first-order valence-corrected chi connectivity index (χ1v) is 7.14. The van der Waals surface area contributed by atoms with Crippen LogP contribution in [0.5, 0.6) is 5.75 Å². The lowest BCUT2D eigenvalue weighted by molar-refractivity contribution is 0.0952. The number of ether oxygens (including phenoxy) is 1. The molecule has 0 spiro atoms. The van der Waals surface area contributed by atoms with Crippen molar-refractivity contribution in [3.05, 3.63) is 64.2 Å². The fourth-order valence-electron chi connectivity index (χ4n) is 1.99. The fraction of sp³-hybridized carbons (Fsp3) is 0.176. The van der Waals surface area contributed by atoms with E-state index in [1.807, 2.05) is 38.1 Å². The van der Waals surface area contributed by atoms with Gasteiger partial charge in [-0.15, -0.1) is 0 Å². The van der Waals surface area contributed by atoms with Gasteiger partial charge in [-0.2, -0.15) is 5.10 Å². The van der Waals surface area contributed by atoms with E-state index in [1.165, 1.54) is 7.11 Å². The minimum atomic E-state index is -0.369. The van der Waals surface area contributed by atoms with Gasteiger partial charge in [-0.25, -0.2) is 5.43 Å². The van der Waals surface area contributed by atoms with Crippen LogP contribution in [0, 0.1) is 6.92 Å². The number of hydrazone groups is 1. The van der Waals surface area contributed by atoms with Gasteiger partial charge in [0, 0.05) is 5.02 Å². The van der Waals surface area contributed by atoms with Crippen molar-refractivity contribution < 1.29 is 9.53 Å². The Balaban J connectivity index is 2.19. The van der Waals surface area contributed by atoms with E-state index in [2.05, 4.69) is 10.5 Å². The number of carbonyl (C=O) groups excluding carboxylic acids is 1. The van der Waals surface area contributed by atoms with Crippen molar-refractivity contribution in [2.45, 2.75) is 13.8 Å². The molecule has 0 aliphatic carbocycles. The summed E-state index contributed by atoms with van der Waals surface area (Å²) in [5.74, 6) is 0.0802. The molecule has 22 heavy (non-hydrogen) atoms. The molecule has 5 heteroatoms. The number of amides is 1. The molecule has 0 aliphatic heterocycles. The van der Waals surface area contributed by atoms with Gasteiger partial charge >= 0.3 is 0 Å². The first kappa shape index (κ1) is 16.0. The molecule has 0 aromatic heterocycles. The summed E-state index contributed by atoms with van der Waals surface area (Å²) in [5, 5.41) is 4.60. The zero-order valence-electron chi connectivity index (χ0n) is 12.7. The molecule has 4 nitrogen and oxygen atoms in total. The highest BCUT2D eigenvalue weighted by molar-refractivity contribution is 6.31. The van der Waals surface area contributed by atoms with Crippen molar-refractivity contribution in [2.75, 3.05) is 7.11 Å². The molecular formula is C17H17ClN2O2. The Morgan fingerprint density at radius 2 is 2.00 bits per heavy atom. The molecule has 1 amide bonds. The lowest BCUT2D eigenvalue weighted by atomic mass is 10.1. The highest BCUT2D eigenvalue weighted by atomic mass is 35.5. The van der Waals surface area contributed by atoms with Crippen molar-refractivity contribution in [2.24, 2.45) is 5.10 Å². The Morgan fingerprint density at radius 1 is 1.23 bits per heavy atom. The Labute approximate surface area is 134 Å². The van der Waals surface area contributed by atoms with Crippen LogP contribution in [0.15, 0.2) is 47.6 Å². The number of nitrogens with one attached hydrogen (secondary N) is 1. The van der Waals surface area contributed by atoms with E-state index >= 15 is 0 Å². The number of methoxy groups -OCH3 is 1. The van der Waals surface area contributed by atoms with Crippen LogP contribution in [-0.2, 0) is 0 Å². The Morgan fingerprint density at radius 3 is 2.68 bits per heavy atom. The van der Waals surface area contributed by atoms with Gasteiger partial charge in [0.2, 0.25) is 0 Å². The van der Waals surface area contributed by atoms with E-state index in [4.69, 9.17) is 16.3 Å². The topological polar surface area (TPSA) is 50.7 Å². The van der Waals surface area contributed by atoms with Gasteiger partial charge in [0.15, 0.2) is 0 Å². The maximum Gasteiger partial charge on any atom is 0.275 e. The van der Waals surface area contributed by atoms with E-state index < -0.39 is 0 Å². The summed E-state index contributed by atoms with van der Waals surface area (Å²) in [5.41, 5.74) is 5.68. The lowest BCUT2D eigenvalue weighted by Gasteiger charge is -2.08. The monoisotopic (exact) mass is 316 g/mol. The molecule has 1 N–H and O–H groups in total. The standard InChI is InChI=1S/C17H17ClN2O2/c1-11-5-4-6-13(9-11)12(2)19-20-17(21)15-10-14(18)7-8-16(15)22-3/h4-10H,1-3H3,(H,20,21). The second-order valence-electron chi connectivity index (χ2n) is 4.85. The Kier molecular flexibility index (Phi) is 5.17. The third-order valence-electron chi connectivity index (χ3n) is 3.17. The van der Waals surface area contributed by atoms with Crippen LogP contribution in [0.4, 0.5) is 0 Å². The number of nitrogens with zero attached hydrogens (tertiary/aromatic N) is 1. The predicted octanol–water partition coefficient (Wildman–Crippen LogP) is 3.81. The molecule has 0 unspecified atom stereocenters. The van der Waals surface area contributed by atoms with Crippen molar-refractivity contribution in [1.29, 1.82) is 0 Å². The van der Waals surface area contributed by atoms with Crippen molar-refractivity contribution in [3.8, 4) is 5.75 Å². The van der Waals surface area contributed by atoms with Crippen LogP contribution in [-0.4, -0.2) is 18.7 Å². The van der Waals surface area contributed by atoms with Crippen LogP contribution in [0.3, 0.4) is 0 Å². The third-order valence-corrected chi connectivity index (χ3v) is 3.40. The molecule has 0 aliphatic rings. The quantitative estimate of drug-likeness (QED) is 0.689. The Hall–Kier alpha value is -2.33. The van der Waals surface area contributed by atoms with Crippen molar-refractivity contribution in [3.63, 3.8) is 0 Å². The number of hydrogen-bond acceptors (Lipinski definition) is 3. The molecule has 2 aromatic carbocycles. The van der Waals surface area contributed by atoms with Gasteiger partial charge in [0.25, 0.3) is 5.91 Å². The minimum absolute atomic E-state index is 0.343. The van der Waals surface area contributed by atoms with Gasteiger partial charge in [-0.1, -0.05) is 41.4 Å². The molecule has 0 fully saturated rings.